The largest absolute Gasteiger partial charge is 0.374 e. The Balaban J connectivity index is 1.77. The highest BCUT2D eigenvalue weighted by Crippen LogP contribution is 2.48. The molecule has 0 amide bonds. The molecule has 2 aliphatic rings. The average Bonchev–Trinajstić information content (AvgIpc) is 3.03. The first kappa shape index (κ1) is 12.2. The van der Waals surface area contributed by atoms with Gasteiger partial charge in [-0.1, -0.05) is 0 Å². The van der Waals surface area contributed by atoms with Crippen molar-refractivity contribution in [2.45, 2.75) is 57.8 Å². The fraction of sp³-hybridized carbons (Fsp3) is 0.786. The molecule has 0 aromatic carbocycles. The van der Waals surface area contributed by atoms with E-state index in [4.69, 9.17) is 10.5 Å². The molecular formula is C14H23N3O. The lowest BCUT2D eigenvalue weighted by atomic mass is 9.71. The van der Waals surface area contributed by atoms with Crippen molar-refractivity contribution in [3.8, 4) is 0 Å². The molecule has 3 unspecified atom stereocenters. The highest BCUT2D eigenvalue weighted by molar-refractivity contribution is 5.10. The number of hydrogen-bond donors (Lipinski definition) is 1. The van der Waals surface area contributed by atoms with E-state index in [2.05, 4.69) is 31.2 Å². The number of hydrogen-bond acceptors (Lipinski definition) is 3. The van der Waals surface area contributed by atoms with Gasteiger partial charge in [0.2, 0.25) is 0 Å². The molecule has 4 heteroatoms. The van der Waals surface area contributed by atoms with E-state index in [1.165, 1.54) is 12.8 Å². The molecule has 2 N–H and O–H groups in total. The van der Waals surface area contributed by atoms with Gasteiger partial charge in [-0.25, -0.2) is 0 Å². The van der Waals surface area contributed by atoms with Crippen LogP contribution in [0, 0.1) is 5.41 Å². The van der Waals surface area contributed by atoms with Gasteiger partial charge in [-0.2, -0.15) is 5.10 Å². The minimum atomic E-state index is 0.138. The van der Waals surface area contributed by atoms with Gasteiger partial charge in [0, 0.05) is 30.6 Å². The molecule has 0 aliphatic carbocycles. The Labute approximate surface area is 108 Å². The molecule has 0 radical (unpaired) electrons. The van der Waals surface area contributed by atoms with Gasteiger partial charge in [0.15, 0.2) is 0 Å². The Bertz CT molecular complexity index is 428. The maximum Gasteiger partial charge on any atom is 0.0652 e. The van der Waals surface area contributed by atoms with Crippen LogP contribution in [0.15, 0.2) is 12.3 Å². The lowest BCUT2D eigenvalue weighted by molar-refractivity contribution is 0.0632. The van der Waals surface area contributed by atoms with Crippen molar-refractivity contribution in [1.29, 1.82) is 0 Å². The van der Waals surface area contributed by atoms with E-state index in [0.717, 1.165) is 18.5 Å². The summed E-state index contributed by atoms with van der Waals surface area (Å²) in [6.45, 7) is 5.01. The predicted molar refractivity (Wildman–Crippen MR) is 70.3 cm³/mol. The minimum absolute atomic E-state index is 0.138. The van der Waals surface area contributed by atoms with Crippen LogP contribution in [0.2, 0.25) is 0 Å². The van der Waals surface area contributed by atoms with E-state index in [1.54, 1.807) is 0 Å². The summed E-state index contributed by atoms with van der Waals surface area (Å²) < 4.78 is 8.01. The number of rotatable bonds is 4. The summed E-state index contributed by atoms with van der Waals surface area (Å²) in [5.41, 5.74) is 7.35. The monoisotopic (exact) mass is 249 g/mol. The van der Waals surface area contributed by atoms with Crippen molar-refractivity contribution in [3.63, 3.8) is 0 Å². The second-order valence-corrected chi connectivity index (χ2v) is 6.15. The van der Waals surface area contributed by atoms with Gasteiger partial charge >= 0.3 is 0 Å². The molecule has 2 fully saturated rings. The number of fused-ring (bicyclic) bond motifs is 2. The third kappa shape index (κ3) is 1.88. The van der Waals surface area contributed by atoms with Gasteiger partial charge in [-0.05, 0) is 39.2 Å². The van der Waals surface area contributed by atoms with Crippen molar-refractivity contribution < 1.29 is 4.74 Å². The highest BCUT2D eigenvalue weighted by Gasteiger charge is 2.51. The summed E-state index contributed by atoms with van der Waals surface area (Å²) in [5.74, 6) is 0. The van der Waals surface area contributed by atoms with Gasteiger partial charge < -0.3 is 10.5 Å². The Morgan fingerprint density at radius 1 is 1.56 bits per heavy atom. The van der Waals surface area contributed by atoms with Crippen LogP contribution >= 0.6 is 0 Å². The molecule has 3 atom stereocenters. The van der Waals surface area contributed by atoms with E-state index < -0.39 is 0 Å². The Kier molecular flexibility index (Phi) is 2.94. The molecule has 3 rings (SSSR count). The van der Waals surface area contributed by atoms with E-state index >= 15 is 0 Å². The molecule has 2 bridgehead atoms. The zero-order valence-electron chi connectivity index (χ0n) is 11.3. The van der Waals surface area contributed by atoms with E-state index in [1.807, 2.05) is 4.68 Å². The van der Waals surface area contributed by atoms with Gasteiger partial charge in [-0.15, -0.1) is 0 Å². The van der Waals surface area contributed by atoms with Gasteiger partial charge in [0.1, 0.15) is 0 Å². The Morgan fingerprint density at radius 2 is 2.39 bits per heavy atom. The third-order valence-electron chi connectivity index (χ3n) is 4.56. The van der Waals surface area contributed by atoms with Crippen LogP contribution in [0.4, 0.5) is 0 Å². The summed E-state index contributed by atoms with van der Waals surface area (Å²) in [5, 5.41) is 4.66. The van der Waals surface area contributed by atoms with Crippen LogP contribution in [0.1, 0.15) is 44.8 Å². The van der Waals surface area contributed by atoms with E-state index in [0.29, 0.717) is 24.8 Å². The van der Waals surface area contributed by atoms with Gasteiger partial charge in [0.05, 0.1) is 17.9 Å². The highest BCUT2D eigenvalue weighted by atomic mass is 16.5. The topological polar surface area (TPSA) is 53.1 Å². The van der Waals surface area contributed by atoms with Gasteiger partial charge in [0.25, 0.3) is 0 Å². The molecular weight excluding hydrogens is 226 g/mol. The molecule has 4 nitrogen and oxygen atoms in total. The fourth-order valence-corrected chi connectivity index (χ4v) is 3.48. The first-order valence-corrected chi connectivity index (χ1v) is 7.02. The number of nitrogens with two attached hydrogens (primary N) is 1. The molecule has 2 aliphatic heterocycles. The predicted octanol–water partition coefficient (Wildman–Crippen LogP) is 1.90. The molecule has 100 valence electrons. The van der Waals surface area contributed by atoms with Crippen molar-refractivity contribution >= 4 is 0 Å². The van der Waals surface area contributed by atoms with E-state index in [9.17, 15) is 0 Å². The standard InChI is InChI=1S/C14H23N3O/c1-10(2)17-6-5-11(16-17)7-14(9-15)8-12-3-4-13(14)18-12/h5-6,10,12-13H,3-4,7-9,15H2,1-2H3. The summed E-state index contributed by atoms with van der Waals surface area (Å²) in [6.07, 6.45) is 7.34. The average molecular weight is 249 g/mol. The molecule has 1 aromatic rings. The van der Waals surface area contributed by atoms with Crippen molar-refractivity contribution in [2.24, 2.45) is 11.1 Å². The SMILES string of the molecule is CC(C)n1ccc(CC2(CN)CC3CCC2O3)n1. The first-order chi connectivity index (χ1) is 8.63. The number of ether oxygens (including phenoxy) is 1. The van der Waals surface area contributed by atoms with Crippen LogP contribution in [-0.2, 0) is 11.2 Å². The van der Waals surface area contributed by atoms with Crippen LogP contribution < -0.4 is 5.73 Å². The smallest absolute Gasteiger partial charge is 0.0652 e. The molecule has 3 heterocycles. The summed E-state index contributed by atoms with van der Waals surface area (Å²) in [4.78, 5) is 0. The second-order valence-electron chi connectivity index (χ2n) is 6.15. The van der Waals surface area contributed by atoms with E-state index in [-0.39, 0.29) is 5.41 Å². The number of aromatic nitrogens is 2. The van der Waals surface area contributed by atoms with Crippen molar-refractivity contribution in [2.75, 3.05) is 6.54 Å². The van der Waals surface area contributed by atoms with Gasteiger partial charge in [-0.3, -0.25) is 4.68 Å². The molecule has 1 aromatic heterocycles. The molecule has 2 saturated heterocycles. The molecule has 0 saturated carbocycles. The lowest BCUT2D eigenvalue weighted by Gasteiger charge is -2.33. The molecule has 0 spiro atoms. The van der Waals surface area contributed by atoms with Crippen molar-refractivity contribution in [3.05, 3.63) is 18.0 Å². The van der Waals surface area contributed by atoms with Crippen LogP contribution in [0.5, 0.6) is 0 Å². The lowest BCUT2D eigenvalue weighted by Crippen LogP contribution is -2.41. The maximum absolute atomic E-state index is 6.06. The Hall–Kier alpha value is -0.870. The first-order valence-electron chi connectivity index (χ1n) is 7.02. The minimum Gasteiger partial charge on any atom is -0.374 e. The molecule has 18 heavy (non-hydrogen) atoms. The number of nitrogens with zero attached hydrogens (tertiary/aromatic N) is 2. The zero-order chi connectivity index (χ0) is 12.8. The summed E-state index contributed by atoms with van der Waals surface area (Å²) in [6, 6.07) is 2.55. The van der Waals surface area contributed by atoms with Crippen LogP contribution in [0.25, 0.3) is 0 Å². The third-order valence-corrected chi connectivity index (χ3v) is 4.56. The fourth-order valence-electron chi connectivity index (χ4n) is 3.48. The summed E-state index contributed by atoms with van der Waals surface area (Å²) in [7, 11) is 0. The van der Waals surface area contributed by atoms with Crippen LogP contribution in [-0.4, -0.2) is 28.5 Å². The maximum atomic E-state index is 6.06. The normalized spacial score (nSPS) is 34.7. The Morgan fingerprint density at radius 3 is 2.89 bits per heavy atom. The zero-order valence-corrected chi connectivity index (χ0v) is 11.3. The van der Waals surface area contributed by atoms with Crippen molar-refractivity contribution in [1.82, 2.24) is 9.78 Å². The second kappa shape index (κ2) is 4.35. The van der Waals surface area contributed by atoms with Crippen LogP contribution in [0.3, 0.4) is 0 Å². The quantitative estimate of drug-likeness (QED) is 0.886. The summed E-state index contributed by atoms with van der Waals surface area (Å²) >= 11 is 0.